The Morgan fingerprint density at radius 1 is 0.947 bits per heavy atom. The van der Waals surface area contributed by atoms with Crippen molar-refractivity contribution in [2.24, 2.45) is 0 Å². The highest BCUT2D eigenvalue weighted by Gasteiger charge is 2.35. The van der Waals surface area contributed by atoms with Crippen LogP contribution < -0.4 is 10.5 Å². The van der Waals surface area contributed by atoms with E-state index in [1.54, 1.807) is 34.1 Å². The summed E-state index contributed by atoms with van der Waals surface area (Å²) in [6.07, 6.45) is -6.88. The Kier molecular flexibility index (Phi) is 7.69. The van der Waals surface area contributed by atoms with Crippen molar-refractivity contribution < 1.29 is 31.1 Å². The SMILES string of the molecule is O=C(CCCc1ccccc1-c1cc(C(F)(F)F)c(=O)[nH]n1)N1CCN(c2ncc(C(F)(F)F)cn2)CC1. The average Bonchev–Trinajstić information content (AvgIpc) is 2.88. The molecule has 0 unspecified atom stereocenters. The van der Waals surface area contributed by atoms with E-state index in [1.165, 1.54) is 0 Å². The number of piperazine rings is 1. The van der Waals surface area contributed by atoms with Crippen molar-refractivity contribution in [3.63, 3.8) is 0 Å². The molecule has 2 aromatic heterocycles. The summed E-state index contributed by atoms with van der Waals surface area (Å²) >= 11 is 0. The number of carbonyl (C=O) groups is 1. The number of hydrogen-bond acceptors (Lipinski definition) is 6. The molecule has 1 aliphatic rings. The number of amides is 1. The fraction of sp³-hybridized carbons (Fsp3) is 0.375. The number of H-pyrrole nitrogens is 1. The Morgan fingerprint density at radius 2 is 1.61 bits per heavy atom. The molecule has 0 bridgehead atoms. The molecule has 1 saturated heterocycles. The summed E-state index contributed by atoms with van der Waals surface area (Å²) in [6.45, 7) is 1.42. The maximum Gasteiger partial charge on any atom is 0.421 e. The van der Waals surface area contributed by atoms with Gasteiger partial charge in [-0.15, -0.1) is 0 Å². The average molecular weight is 540 g/mol. The van der Waals surface area contributed by atoms with Gasteiger partial charge < -0.3 is 9.80 Å². The Balaban J connectivity index is 1.32. The summed E-state index contributed by atoms with van der Waals surface area (Å²) in [6, 6.07) is 7.40. The maximum atomic E-state index is 13.2. The van der Waals surface area contributed by atoms with E-state index in [1.807, 2.05) is 5.10 Å². The van der Waals surface area contributed by atoms with Gasteiger partial charge in [-0.25, -0.2) is 15.1 Å². The number of aromatic amines is 1. The fourth-order valence-corrected chi connectivity index (χ4v) is 4.12. The van der Waals surface area contributed by atoms with Crippen LogP contribution in [0.5, 0.6) is 0 Å². The number of rotatable bonds is 6. The van der Waals surface area contributed by atoms with Crippen LogP contribution in [0.4, 0.5) is 32.3 Å². The molecular formula is C24H22F6N6O2. The van der Waals surface area contributed by atoms with Gasteiger partial charge in [-0.2, -0.15) is 31.4 Å². The van der Waals surface area contributed by atoms with Gasteiger partial charge in [0.2, 0.25) is 11.9 Å². The third kappa shape index (κ3) is 6.29. The number of carbonyl (C=O) groups excluding carboxylic acids is 1. The number of alkyl halides is 6. The number of aryl methyl sites for hydroxylation is 1. The second kappa shape index (κ2) is 10.8. The molecule has 14 heteroatoms. The molecule has 3 aromatic rings. The van der Waals surface area contributed by atoms with E-state index in [0.717, 1.165) is 12.4 Å². The van der Waals surface area contributed by atoms with Crippen molar-refractivity contribution in [2.45, 2.75) is 31.6 Å². The molecule has 38 heavy (non-hydrogen) atoms. The lowest BCUT2D eigenvalue weighted by Gasteiger charge is -2.34. The number of halogens is 6. The summed E-state index contributed by atoms with van der Waals surface area (Å²) in [5.74, 6) is 0.0447. The normalized spacial score (nSPS) is 14.6. The zero-order valence-electron chi connectivity index (χ0n) is 19.8. The first-order chi connectivity index (χ1) is 17.9. The van der Waals surface area contributed by atoms with Crippen molar-refractivity contribution in [3.05, 3.63) is 69.8 Å². The minimum absolute atomic E-state index is 0.0274. The number of benzene rings is 1. The van der Waals surface area contributed by atoms with Gasteiger partial charge in [0.15, 0.2) is 0 Å². The van der Waals surface area contributed by atoms with Crippen molar-refractivity contribution >= 4 is 11.9 Å². The van der Waals surface area contributed by atoms with Gasteiger partial charge in [0.05, 0.1) is 11.3 Å². The smallest absolute Gasteiger partial charge is 0.339 e. The molecule has 1 amide bonds. The van der Waals surface area contributed by atoms with E-state index in [-0.39, 0.29) is 24.0 Å². The van der Waals surface area contributed by atoms with Gasteiger partial charge in [-0.05, 0) is 24.5 Å². The number of nitrogens with zero attached hydrogens (tertiary/aromatic N) is 5. The molecule has 1 aromatic carbocycles. The molecule has 1 N–H and O–H groups in total. The molecule has 0 saturated carbocycles. The molecular weight excluding hydrogens is 518 g/mol. The highest BCUT2D eigenvalue weighted by molar-refractivity contribution is 5.76. The second-order valence-electron chi connectivity index (χ2n) is 8.64. The highest BCUT2D eigenvalue weighted by atomic mass is 19.4. The number of nitrogens with one attached hydrogen (secondary N) is 1. The molecule has 1 fully saturated rings. The van der Waals surface area contributed by atoms with E-state index in [0.29, 0.717) is 56.2 Å². The standard InChI is InChI=1S/C24H22F6N6O2/c25-23(26,27)16-13-31-22(32-14-16)36-10-8-35(9-11-36)20(37)7-3-5-15-4-1-2-6-17(15)19-12-18(24(28,29)30)21(38)34-33-19/h1-2,4,6,12-14H,3,5,7-11H2,(H,34,38). The number of hydrogen-bond donors (Lipinski definition) is 1. The molecule has 1 aliphatic heterocycles. The predicted molar refractivity (Wildman–Crippen MR) is 124 cm³/mol. The molecule has 0 aliphatic carbocycles. The van der Waals surface area contributed by atoms with Crippen LogP contribution in [0.15, 0.2) is 47.5 Å². The first-order valence-corrected chi connectivity index (χ1v) is 11.6. The van der Waals surface area contributed by atoms with Crippen LogP contribution in [0.2, 0.25) is 0 Å². The van der Waals surface area contributed by atoms with Crippen LogP contribution in [0, 0.1) is 0 Å². The summed E-state index contributed by atoms with van der Waals surface area (Å²) in [5.41, 5.74) is -2.53. The Labute approximate surface area is 212 Å². The van der Waals surface area contributed by atoms with Gasteiger partial charge in [0.25, 0.3) is 5.56 Å². The Morgan fingerprint density at radius 3 is 2.24 bits per heavy atom. The number of anilines is 1. The van der Waals surface area contributed by atoms with Crippen LogP contribution in [0.1, 0.15) is 29.5 Å². The summed E-state index contributed by atoms with van der Waals surface area (Å²) < 4.78 is 77.6. The summed E-state index contributed by atoms with van der Waals surface area (Å²) in [4.78, 5) is 35.2. The lowest BCUT2D eigenvalue weighted by Crippen LogP contribution is -2.49. The maximum absolute atomic E-state index is 13.2. The zero-order chi connectivity index (χ0) is 27.5. The van der Waals surface area contributed by atoms with E-state index < -0.39 is 29.0 Å². The molecule has 8 nitrogen and oxygen atoms in total. The highest BCUT2D eigenvalue weighted by Crippen LogP contribution is 2.30. The van der Waals surface area contributed by atoms with E-state index in [4.69, 9.17) is 0 Å². The Bertz CT molecular complexity index is 1330. The number of aromatic nitrogens is 4. The van der Waals surface area contributed by atoms with Crippen LogP contribution in [0.25, 0.3) is 11.3 Å². The van der Waals surface area contributed by atoms with Gasteiger partial charge in [0, 0.05) is 50.6 Å². The van der Waals surface area contributed by atoms with Crippen LogP contribution >= 0.6 is 0 Å². The minimum atomic E-state index is -4.82. The van der Waals surface area contributed by atoms with E-state index in [9.17, 15) is 35.9 Å². The molecule has 0 radical (unpaired) electrons. The first-order valence-electron chi connectivity index (χ1n) is 11.6. The largest absolute Gasteiger partial charge is 0.421 e. The predicted octanol–water partition coefficient (Wildman–Crippen LogP) is 3.94. The monoisotopic (exact) mass is 540 g/mol. The van der Waals surface area contributed by atoms with Crippen molar-refractivity contribution in [1.29, 1.82) is 0 Å². The van der Waals surface area contributed by atoms with Crippen LogP contribution in [0.3, 0.4) is 0 Å². The van der Waals surface area contributed by atoms with Crippen LogP contribution in [-0.2, 0) is 23.6 Å². The summed E-state index contributed by atoms with van der Waals surface area (Å²) in [7, 11) is 0. The minimum Gasteiger partial charge on any atom is -0.339 e. The molecule has 0 spiro atoms. The molecule has 4 rings (SSSR count). The van der Waals surface area contributed by atoms with Crippen LogP contribution in [-0.4, -0.2) is 57.2 Å². The zero-order valence-corrected chi connectivity index (χ0v) is 19.8. The molecule has 202 valence electrons. The van der Waals surface area contributed by atoms with Gasteiger partial charge in [-0.3, -0.25) is 9.59 Å². The van der Waals surface area contributed by atoms with Crippen molar-refractivity contribution in [3.8, 4) is 11.3 Å². The Hall–Kier alpha value is -3.97. The lowest BCUT2D eigenvalue weighted by molar-refractivity contribution is -0.139. The fourth-order valence-electron chi connectivity index (χ4n) is 4.12. The van der Waals surface area contributed by atoms with Crippen molar-refractivity contribution in [1.82, 2.24) is 25.1 Å². The van der Waals surface area contributed by atoms with Gasteiger partial charge in [-0.1, -0.05) is 24.3 Å². The molecule has 0 atom stereocenters. The van der Waals surface area contributed by atoms with Crippen molar-refractivity contribution in [2.75, 3.05) is 31.1 Å². The van der Waals surface area contributed by atoms with E-state index >= 15 is 0 Å². The molecule has 3 heterocycles. The topological polar surface area (TPSA) is 95.1 Å². The third-order valence-electron chi connectivity index (χ3n) is 6.12. The first kappa shape index (κ1) is 27.1. The van der Waals surface area contributed by atoms with Gasteiger partial charge >= 0.3 is 12.4 Å². The van der Waals surface area contributed by atoms with E-state index in [2.05, 4.69) is 15.1 Å². The lowest BCUT2D eigenvalue weighted by atomic mass is 9.98. The second-order valence-corrected chi connectivity index (χ2v) is 8.64. The van der Waals surface area contributed by atoms with Gasteiger partial charge in [0.1, 0.15) is 5.56 Å². The summed E-state index contributed by atoms with van der Waals surface area (Å²) in [5, 5.41) is 5.66. The quantitative estimate of drug-likeness (QED) is 0.476. The third-order valence-corrected chi connectivity index (χ3v) is 6.12.